The number of thiophene rings is 1. The molecule has 2 aromatic heterocycles. The first-order valence-corrected chi connectivity index (χ1v) is 9.29. The number of carbonyl (C=O) groups excluding carboxylic acids is 1. The van der Waals surface area contributed by atoms with Gasteiger partial charge in [0.05, 0.1) is 18.9 Å². The molecule has 2 aromatic rings. The van der Waals surface area contributed by atoms with Crippen molar-refractivity contribution in [3.05, 3.63) is 39.9 Å². The van der Waals surface area contributed by atoms with Crippen molar-refractivity contribution in [1.82, 2.24) is 10.1 Å². The summed E-state index contributed by atoms with van der Waals surface area (Å²) in [5, 5.41) is 5.94. The Morgan fingerprint density at radius 1 is 1.59 bits per heavy atom. The van der Waals surface area contributed by atoms with Crippen LogP contribution in [0, 0.1) is 0 Å². The highest BCUT2D eigenvalue weighted by atomic mass is 32.2. The lowest BCUT2D eigenvalue weighted by Crippen LogP contribution is -2.42. The van der Waals surface area contributed by atoms with Crippen LogP contribution in [0.25, 0.3) is 0 Å². The molecule has 0 spiro atoms. The number of carbonyl (C=O) groups is 1. The Balaban J connectivity index is 1.65. The zero-order valence-electron chi connectivity index (χ0n) is 12.4. The molecule has 0 aliphatic carbocycles. The summed E-state index contributed by atoms with van der Waals surface area (Å²) in [7, 11) is 0. The summed E-state index contributed by atoms with van der Waals surface area (Å²) in [5.41, 5.74) is 0.388. The number of hydrogen-bond donors (Lipinski definition) is 0. The van der Waals surface area contributed by atoms with E-state index in [9.17, 15) is 4.79 Å². The normalized spacial score (nSPS) is 18.6. The Morgan fingerprint density at radius 3 is 3.27 bits per heavy atom. The van der Waals surface area contributed by atoms with E-state index in [1.54, 1.807) is 34.1 Å². The van der Waals surface area contributed by atoms with Crippen molar-refractivity contribution in [2.45, 2.75) is 18.8 Å². The van der Waals surface area contributed by atoms with Gasteiger partial charge >= 0.3 is 0 Å². The van der Waals surface area contributed by atoms with E-state index >= 15 is 0 Å². The molecule has 1 aliphatic heterocycles. The quantitative estimate of drug-likeness (QED) is 0.838. The third-order valence-electron chi connectivity index (χ3n) is 3.44. The number of nitrogens with zero attached hydrogens (tertiary/aromatic N) is 2. The van der Waals surface area contributed by atoms with Crippen LogP contribution in [0.1, 0.15) is 34.2 Å². The highest BCUT2D eigenvalue weighted by Crippen LogP contribution is 2.26. The molecule has 0 radical (unpaired) electrons. The third-order valence-corrected chi connectivity index (χ3v) is 5.30. The van der Waals surface area contributed by atoms with E-state index in [1.165, 1.54) is 0 Å². The zero-order chi connectivity index (χ0) is 15.4. The van der Waals surface area contributed by atoms with Crippen molar-refractivity contribution in [3.8, 4) is 0 Å². The van der Waals surface area contributed by atoms with Crippen LogP contribution in [0.2, 0.25) is 0 Å². The van der Waals surface area contributed by atoms with Crippen LogP contribution in [-0.4, -0.2) is 41.4 Å². The van der Waals surface area contributed by atoms with Crippen molar-refractivity contribution in [2.75, 3.05) is 25.4 Å². The summed E-state index contributed by atoms with van der Waals surface area (Å²) in [6.45, 7) is 3.79. The van der Waals surface area contributed by atoms with Crippen LogP contribution in [0.3, 0.4) is 0 Å². The van der Waals surface area contributed by atoms with Gasteiger partial charge in [0.25, 0.3) is 5.91 Å². The Morgan fingerprint density at radius 2 is 2.50 bits per heavy atom. The van der Waals surface area contributed by atoms with E-state index in [0.29, 0.717) is 25.4 Å². The Hall–Kier alpha value is -1.31. The molecule has 3 heterocycles. The first-order chi connectivity index (χ1) is 10.8. The number of morpholine rings is 1. The molecule has 0 unspecified atom stereocenters. The standard InChI is InChI=1S/C15H18N2O3S2/c1-2-21-10-11-8-12(16-20-11)15(18)17-5-6-19-13(9-17)14-4-3-7-22-14/h3-4,7-8,13H,2,5-6,9-10H2,1H3/t13-/m1/s1. The predicted octanol–water partition coefficient (Wildman–Crippen LogP) is 3.20. The van der Waals surface area contributed by atoms with Crippen LogP contribution in [0.5, 0.6) is 0 Å². The number of thioether (sulfide) groups is 1. The molecule has 22 heavy (non-hydrogen) atoms. The van der Waals surface area contributed by atoms with Gasteiger partial charge in [-0.3, -0.25) is 4.79 Å². The second kappa shape index (κ2) is 7.30. The van der Waals surface area contributed by atoms with E-state index < -0.39 is 0 Å². The number of rotatable bonds is 5. The van der Waals surface area contributed by atoms with Gasteiger partial charge in [0, 0.05) is 17.5 Å². The van der Waals surface area contributed by atoms with Gasteiger partial charge in [0.15, 0.2) is 5.69 Å². The molecule has 3 rings (SSSR count). The molecule has 0 saturated carbocycles. The van der Waals surface area contributed by atoms with E-state index in [-0.39, 0.29) is 12.0 Å². The maximum absolute atomic E-state index is 12.5. The molecule has 1 atom stereocenters. The maximum atomic E-state index is 12.5. The van der Waals surface area contributed by atoms with Crippen molar-refractivity contribution in [3.63, 3.8) is 0 Å². The summed E-state index contributed by atoms with van der Waals surface area (Å²) in [6.07, 6.45) is -0.0419. The van der Waals surface area contributed by atoms with Crippen LogP contribution in [-0.2, 0) is 10.5 Å². The summed E-state index contributed by atoms with van der Waals surface area (Å²) >= 11 is 3.40. The minimum atomic E-state index is -0.0821. The number of hydrogen-bond acceptors (Lipinski definition) is 6. The average molecular weight is 338 g/mol. The molecule has 0 aromatic carbocycles. The second-order valence-corrected chi connectivity index (χ2v) is 7.20. The third kappa shape index (κ3) is 3.53. The molecule has 1 aliphatic rings. The van der Waals surface area contributed by atoms with Gasteiger partial charge in [-0.05, 0) is 17.2 Å². The fourth-order valence-corrected chi connectivity index (χ4v) is 3.63. The molecular formula is C15H18N2O3S2. The van der Waals surface area contributed by atoms with Crippen LogP contribution < -0.4 is 0 Å². The minimum Gasteiger partial charge on any atom is -0.369 e. The second-order valence-electron chi connectivity index (χ2n) is 4.94. The van der Waals surface area contributed by atoms with Gasteiger partial charge in [-0.25, -0.2) is 0 Å². The number of aromatic nitrogens is 1. The SMILES string of the molecule is CCSCc1cc(C(=O)N2CCO[C@@H](c3cccs3)C2)no1. The van der Waals surface area contributed by atoms with E-state index in [1.807, 2.05) is 17.5 Å². The van der Waals surface area contributed by atoms with E-state index in [0.717, 1.165) is 22.1 Å². The summed E-state index contributed by atoms with van der Waals surface area (Å²) in [5.74, 6) is 2.42. The Bertz CT molecular complexity index is 612. The van der Waals surface area contributed by atoms with Gasteiger partial charge in [0.2, 0.25) is 0 Å². The molecule has 1 fully saturated rings. The van der Waals surface area contributed by atoms with Gasteiger partial charge in [-0.1, -0.05) is 18.1 Å². The van der Waals surface area contributed by atoms with Crippen molar-refractivity contribution in [2.24, 2.45) is 0 Å². The Kier molecular flexibility index (Phi) is 5.17. The van der Waals surface area contributed by atoms with Gasteiger partial charge in [-0.2, -0.15) is 11.8 Å². The zero-order valence-corrected chi connectivity index (χ0v) is 14.0. The topological polar surface area (TPSA) is 55.6 Å². The summed E-state index contributed by atoms with van der Waals surface area (Å²) < 4.78 is 11.0. The fraction of sp³-hybridized carbons (Fsp3) is 0.467. The molecule has 118 valence electrons. The van der Waals surface area contributed by atoms with Gasteiger partial charge in [-0.15, -0.1) is 11.3 Å². The average Bonchev–Trinajstić information content (AvgIpc) is 3.24. The molecule has 7 heteroatoms. The fourth-order valence-electron chi connectivity index (χ4n) is 2.33. The summed E-state index contributed by atoms with van der Waals surface area (Å²) in [4.78, 5) is 15.5. The lowest BCUT2D eigenvalue weighted by atomic mass is 10.2. The first-order valence-electron chi connectivity index (χ1n) is 7.25. The van der Waals surface area contributed by atoms with Crippen LogP contribution in [0.4, 0.5) is 0 Å². The van der Waals surface area contributed by atoms with Gasteiger partial charge < -0.3 is 14.2 Å². The highest BCUT2D eigenvalue weighted by Gasteiger charge is 2.28. The smallest absolute Gasteiger partial charge is 0.276 e. The number of amides is 1. The molecular weight excluding hydrogens is 320 g/mol. The molecule has 1 saturated heterocycles. The molecule has 0 bridgehead atoms. The van der Waals surface area contributed by atoms with Gasteiger partial charge in [0.1, 0.15) is 11.9 Å². The predicted molar refractivity (Wildman–Crippen MR) is 87.3 cm³/mol. The summed E-state index contributed by atoms with van der Waals surface area (Å²) in [6, 6.07) is 5.79. The van der Waals surface area contributed by atoms with Crippen LogP contribution in [0.15, 0.2) is 28.1 Å². The molecule has 0 N–H and O–H groups in total. The molecule has 5 nitrogen and oxygen atoms in total. The van der Waals surface area contributed by atoms with Crippen molar-refractivity contribution >= 4 is 29.0 Å². The van der Waals surface area contributed by atoms with E-state index in [4.69, 9.17) is 9.26 Å². The van der Waals surface area contributed by atoms with Crippen molar-refractivity contribution in [1.29, 1.82) is 0 Å². The first kappa shape index (κ1) is 15.6. The molecule has 1 amide bonds. The largest absolute Gasteiger partial charge is 0.369 e. The van der Waals surface area contributed by atoms with E-state index in [2.05, 4.69) is 12.1 Å². The number of ether oxygens (including phenoxy) is 1. The lowest BCUT2D eigenvalue weighted by molar-refractivity contribution is -0.0215. The minimum absolute atomic E-state index is 0.0419. The van der Waals surface area contributed by atoms with Crippen molar-refractivity contribution < 1.29 is 14.1 Å². The Labute approximate surface area is 137 Å². The lowest BCUT2D eigenvalue weighted by Gasteiger charge is -2.31. The highest BCUT2D eigenvalue weighted by molar-refractivity contribution is 7.98. The maximum Gasteiger partial charge on any atom is 0.276 e. The van der Waals surface area contributed by atoms with Crippen LogP contribution >= 0.6 is 23.1 Å². The monoisotopic (exact) mass is 338 g/mol.